The van der Waals surface area contributed by atoms with Crippen LogP contribution in [0.4, 0.5) is 8.78 Å². The number of nitrogens with zero attached hydrogens (tertiary/aromatic N) is 1. The summed E-state index contributed by atoms with van der Waals surface area (Å²) < 4.78 is 28.5. The largest absolute Gasteiger partial charge is 0.435 e. The monoisotopic (exact) mass is 337 g/mol. The maximum absolute atomic E-state index is 12.1. The molecule has 0 spiro atoms. The molecule has 0 bridgehead atoms. The molecule has 6 heteroatoms. The van der Waals surface area contributed by atoms with Crippen molar-refractivity contribution in [3.63, 3.8) is 0 Å². The Hall–Kier alpha value is -1.95. The van der Waals surface area contributed by atoms with Crippen molar-refractivity contribution in [2.24, 2.45) is 0 Å². The maximum Gasteiger partial charge on any atom is 0.387 e. The average molecular weight is 337 g/mol. The van der Waals surface area contributed by atoms with E-state index in [9.17, 15) is 8.78 Å². The first kappa shape index (κ1) is 18.4. The predicted molar refractivity (Wildman–Crippen MR) is 90.5 cm³/mol. The molecule has 0 aliphatic heterocycles. The second kappa shape index (κ2) is 9.37. The van der Waals surface area contributed by atoms with Gasteiger partial charge in [-0.2, -0.15) is 13.9 Å². The minimum Gasteiger partial charge on any atom is -0.435 e. The Morgan fingerprint density at radius 2 is 1.96 bits per heavy atom. The molecule has 0 fully saturated rings. The third-order valence-electron chi connectivity index (χ3n) is 4.06. The van der Waals surface area contributed by atoms with Crippen molar-refractivity contribution in [2.75, 3.05) is 6.54 Å². The summed E-state index contributed by atoms with van der Waals surface area (Å²) in [5.74, 6) is 0.203. The van der Waals surface area contributed by atoms with Gasteiger partial charge in [-0.1, -0.05) is 12.1 Å². The summed E-state index contributed by atoms with van der Waals surface area (Å²) in [6, 6.07) is 7.27. The number of aromatic nitrogens is 2. The van der Waals surface area contributed by atoms with E-state index in [-0.39, 0.29) is 5.75 Å². The Labute approximate surface area is 141 Å². The molecule has 0 radical (unpaired) electrons. The van der Waals surface area contributed by atoms with Crippen LogP contribution in [0, 0.1) is 6.92 Å². The van der Waals surface area contributed by atoms with Gasteiger partial charge in [-0.05, 0) is 69.3 Å². The first-order valence-electron chi connectivity index (χ1n) is 8.30. The number of rotatable bonds is 10. The molecular formula is C18H25F2N3O. The van der Waals surface area contributed by atoms with Crippen LogP contribution in [0.5, 0.6) is 5.75 Å². The van der Waals surface area contributed by atoms with Crippen LogP contribution in [0.3, 0.4) is 0 Å². The molecule has 0 amide bonds. The van der Waals surface area contributed by atoms with Crippen molar-refractivity contribution in [1.29, 1.82) is 0 Å². The van der Waals surface area contributed by atoms with Crippen LogP contribution >= 0.6 is 0 Å². The molecule has 132 valence electrons. The number of nitrogens with one attached hydrogen (secondary N) is 2. The smallest absolute Gasteiger partial charge is 0.387 e. The van der Waals surface area contributed by atoms with Crippen LogP contribution in [0.2, 0.25) is 0 Å². The lowest BCUT2D eigenvalue weighted by molar-refractivity contribution is -0.0498. The first-order valence-corrected chi connectivity index (χ1v) is 8.30. The van der Waals surface area contributed by atoms with Crippen molar-refractivity contribution in [3.05, 3.63) is 47.3 Å². The molecule has 1 aromatic carbocycles. The van der Waals surface area contributed by atoms with Gasteiger partial charge in [0.05, 0.1) is 6.20 Å². The number of H-pyrrole nitrogens is 1. The zero-order valence-electron chi connectivity index (χ0n) is 14.2. The van der Waals surface area contributed by atoms with Gasteiger partial charge in [0.25, 0.3) is 0 Å². The lowest BCUT2D eigenvalue weighted by Gasteiger charge is -2.14. The highest BCUT2D eigenvalue weighted by molar-refractivity contribution is 5.27. The molecule has 2 aromatic rings. The Morgan fingerprint density at radius 1 is 1.21 bits per heavy atom. The fourth-order valence-corrected chi connectivity index (χ4v) is 2.58. The van der Waals surface area contributed by atoms with E-state index in [1.54, 1.807) is 12.1 Å². The van der Waals surface area contributed by atoms with Gasteiger partial charge >= 0.3 is 6.61 Å². The molecule has 24 heavy (non-hydrogen) atoms. The Kier molecular flexibility index (Phi) is 7.18. The van der Waals surface area contributed by atoms with E-state index >= 15 is 0 Å². The summed E-state index contributed by atoms with van der Waals surface area (Å²) in [6.07, 6.45) is 5.89. The minimum absolute atomic E-state index is 0.203. The number of aryl methyl sites for hydroxylation is 3. The van der Waals surface area contributed by atoms with Crippen molar-refractivity contribution < 1.29 is 13.5 Å². The summed E-state index contributed by atoms with van der Waals surface area (Å²) in [4.78, 5) is 0. The van der Waals surface area contributed by atoms with Crippen LogP contribution in [0.25, 0.3) is 0 Å². The van der Waals surface area contributed by atoms with Crippen LogP contribution < -0.4 is 10.1 Å². The summed E-state index contributed by atoms with van der Waals surface area (Å²) in [5, 5.41) is 10.5. The quantitative estimate of drug-likeness (QED) is 0.647. The SMILES string of the molecule is Cc1[nH]ncc1CCCNC(C)CCc1ccc(OC(F)F)cc1. The summed E-state index contributed by atoms with van der Waals surface area (Å²) in [7, 11) is 0. The second-order valence-corrected chi connectivity index (χ2v) is 6.04. The molecule has 0 aliphatic carbocycles. The number of alkyl halides is 2. The highest BCUT2D eigenvalue weighted by Crippen LogP contribution is 2.16. The molecule has 0 saturated carbocycles. The van der Waals surface area contributed by atoms with E-state index in [2.05, 4.69) is 27.2 Å². The van der Waals surface area contributed by atoms with Crippen molar-refractivity contribution in [3.8, 4) is 5.75 Å². The first-order chi connectivity index (χ1) is 11.5. The van der Waals surface area contributed by atoms with Gasteiger partial charge in [0.15, 0.2) is 0 Å². The number of ether oxygens (including phenoxy) is 1. The number of hydrogen-bond acceptors (Lipinski definition) is 3. The van der Waals surface area contributed by atoms with E-state index in [0.29, 0.717) is 6.04 Å². The number of halogens is 2. The molecule has 1 heterocycles. The highest BCUT2D eigenvalue weighted by atomic mass is 19.3. The van der Waals surface area contributed by atoms with E-state index in [4.69, 9.17) is 0 Å². The Bertz CT molecular complexity index is 599. The lowest BCUT2D eigenvalue weighted by atomic mass is 10.1. The third kappa shape index (κ3) is 6.28. The summed E-state index contributed by atoms with van der Waals surface area (Å²) >= 11 is 0. The van der Waals surface area contributed by atoms with Crippen LogP contribution in [0.15, 0.2) is 30.5 Å². The molecule has 4 nitrogen and oxygen atoms in total. The molecular weight excluding hydrogens is 312 g/mol. The lowest BCUT2D eigenvalue weighted by Crippen LogP contribution is -2.27. The van der Waals surface area contributed by atoms with Crippen LogP contribution in [0.1, 0.15) is 36.6 Å². The van der Waals surface area contributed by atoms with E-state index < -0.39 is 6.61 Å². The number of hydrogen-bond donors (Lipinski definition) is 2. The fraction of sp³-hybridized carbons (Fsp3) is 0.500. The highest BCUT2D eigenvalue weighted by Gasteiger charge is 2.06. The summed E-state index contributed by atoms with van der Waals surface area (Å²) in [5.41, 5.74) is 3.54. The molecule has 0 aliphatic rings. The molecule has 1 aromatic heterocycles. The number of benzene rings is 1. The predicted octanol–water partition coefficient (Wildman–Crippen LogP) is 3.86. The molecule has 1 unspecified atom stereocenters. The van der Waals surface area contributed by atoms with Crippen molar-refractivity contribution in [2.45, 2.75) is 52.2 Å². The minimum atomic E-state index is -2.77. The summed E-state index contributed by atoms with van der Waals surface area (Å²) in [6.45, 7) is 2.39. The number of aromatic amines is 1. The second-order valence-electron chi connectivity index (χ2n) is 6.04. The third-order valence-corrected chi connectivity index (χ3v) is 4.06. The van der Waals surface area contributed by atoms with Gasteiger partial charge in [0.2, 0.25) is 0 Å². The Balaban J connectivity index is 1.62. The Morgan fingerprint density at radius 3 is 2.58 bits per heavy atom. The maximum atomic E-state index is 12.1. The zero-order chi connectivity index (χ0) is 17.4. The zero-order valence-corrected chi connectivity index (χ0v) is 14.2. The van der Waals surface area contributed by atoms with Crippen molar-refractivity contribution >= 4 is 0 Å². The fourth-order valence-electron chi connectivity index (χ4n) is 2.58. The van der Waals surface area contributed by atoms with Crippen LogP contribution in [-0.2, 0) is 12.8 Å². The molecule has 2 N–H and O–H groups in total. The molecule has 2 rings (SSSR count). The topological polar surface area (TPSA) is 49.9 Å². The standard InChI is InChI=1S/C18H25F2N3O/c1-13(21-11-3-4-16-12-22-23-14(16)2)5-6-15-7-9-17(10-8-15)24-18(19)20/h7-10,12-13,18,21H,3-6,11H2,1-2H3,(H,22,23). The van der Waals surface area contributed by atoms with Crippen molar-refractivity contribution in [1.82, 2.24) is 15.5 Å². The van der Waals surface area contributed by atoms with Gasteiger partial charge in [-0.15, -0.1) is 0 Å². The normalized spacial score (nSPS) is 12.5. The van der Waals surface area contributed by atoms with Gasteiger partial charge in [0, 0.05) is 11.7 Å². The van der Waals surface area contributed by atoms with Gasteiger partial charge in [0.1, 0.15) is 5.75 Å². The van der Waals surface area contributed by atoms with Gasteiger partial charge in [-0.25, -0.2) is 0 Å². The van der Waals surface area contributed by atoms with Crippen LogP contribution in [-0.4, -0.2) is 29.4 Å². The van der Waals surface area contributed by atoms with E-state index in [1.165, 1.54) is 5.56 Å². The molecule has 1 atom stereocenters. The van der Waals surface area contributed by atoms with E-state index in [0.717, 1.165) is 43.5 Å². The van der Waals surface area contributed by atoms with Gasteiger partial charge < -0.3 is 10.1 Å². The van der Waals surface area contributed by atoms with Gasteiger partial charge in [-0.3, -0.25) is 5.10 Å². The molecule has 0 saturated heterocycles. The van der Waals surface area contributed by atoms with E-state index in [1.807, 2.05) is 25.3 Å². The average Bonchev–Trinajstić information content (AvgIpc) is 2.95.